The van der Waals surface area contributed by atoms with Crippen LogP contribution in [-0.2, 0) is 9.53 Å². The van der Waals surface area contributed by atoms with Crippen LogP contribution >= 0.6 is 0 Å². The molecule has 1 aliphatic heterocycles. The van der Waals surface area contributed by atoms with E-state index in [1.807, 2.05) is 13.1 Å². The lowest BCUT2D eigenvalue weighted by Gasteiger charge is -2.24. The van der Waals surface area contributed by atoms with Gasteiger partial charge in [0, 0.05) is 5.70 Å². The summed E-state index contributed by atoms with van der Waals surface area (Å²) in [7, 11) is 0. The fraction of sp³-hybridized carbons (Fsp3) is 0.583. The highest BCUT2D eigenvalue weighted by Gasteiger charge is 2.28. The Morgan fingerprint density at radius 2 is 2.33 bits per heavy atom. The number of aliphatic imine (C=N–C) groups is 1. The molecule has 0 unspecified atom stereocenters. The predicted octanol–water partition coefficient (Wildman–Crippen LogP) is 1.02. The average Bonchev–Trinajstić information content (AvgIpc) is 2.29. The van der Waals surface area contributed by atoms with Crippen LogP contribution in [0.1, 0.15) is 33.6 Å². The van der Waals surface area contributed by atoms with Crippen molar-refractivity contribution in [2.45, 2.75) is 39.7 Å². The molecule has 6 nitrogen and oxygen atoms in total. The highest BCUT2D eigenvalue weighted by atomic mass is 16.5. The molecule has 1 atom stereocenters. The van der Waals surface area contributed by atoms with Crippen molar-refractivity contribution < 1.29 is 9.53 Å². The molecule has 1 heterocycles. The van der Waals surface area contributed by atoms with E-state index in [-0.39, 0.29) is 12.0 Å². The molecule has 1 rings (SSSR count). The Labute approximate surface area is 107 Å². The first kappa shape index (κ1) is 14.0. The smallest absolute Gasteiger partial charge is 0.337 e. The summed E-state index contributed by atoms with van der Waals surface area (Å²) < 4.78 is 5.03. The lowest BCUT2D eigenvalue weighted by molar-refractivity contribution is -0.138. The molecular formula is C12H18N4O2. The molecule has 0 fully saturated rings. The van der Waals surface area contributed by atoms with Gasteiger partial charge >= 0.3 is 5.97 Å². The van der Waals surface area contributed by atoms with Crippen molar-refractivity contribution in [3.63, 3.8) is 0 Å². The van der Waals surface area contributed by atoms with Crippen LogP contribution in [0.4, 0.5) is 0 Å². The lowest BCUT2D eigenvalue weighted by Crippen LogP contribution is -2.41. The number of nitriles is 1. The summed E-state index contributed by atoms with van der Waals surface area (Å²) >= 11 is 0. The van der Waals surface area contributed by atoms with Crippen molar-refractivity contribution in [1.82, 2.24) is 10.6 Å². The number of hydrogen-bond donors (Lipinski definition) is 2. The van der Waals surface area contributed by atoms with E-state index in [0.717, 1.165) is 12.8 Å². The Bertz CT molecular complexity index is 420. The molecule has 0 amide bonds. The summed E-state index contributed by atoms with van der Waals surface area (Å²) in [5, 5.41) is 13.9. The standard InChI is InChI=1S/C12H18N4O2/c1-4-6-9-10(11(17)18-5-2)8(3)15-12(16-9)14-7-13/h9H,4-6H2,1-3H3,(H2,14,15,16)/t9-/m1/s1. The number of guanidine groups is 1. The normalized spacial score (nSPS) is 18.6. The van der Waals surface area contributed by atoms with Gasteiger partial charge in [0.25, 0.3) is 0 Å². The molecule has 0 aromatic rings. The molecule has 0 radical (unpaired) electrons. The lowest BCUT2D eigenvalue weighted by atomic mass is 10.00. The second-order valence-electron chi connectivity index (χ2n) is 3.90. The number of esters is 1. The van der Waals surface area contributed by atoms with Gasteiger partial charge in [-0.1, -0.05) is 13.3 Å². The summed E-state index contributed by atoms with van der Waals surface area (Å²) in [4.78, 5) is 16.2. The molecule has 18 heavy (non-hydrogen) atoms. The molecule has 0 aromatic carbocycles. The molecule has 1 aliphatic rings. The van der Waals surface area contributed by atoms with Gasteiger partial charge in [0.2, 0.25) is 5.96 Å². The minimum Gasteiger partial charge on any atom is -0.463 e. The molecule has 98 valence electrons. The second-order valence-corrected chi connectivity index (χ2v) is 3.90. The summed E-state index contributed by atoms with van der Waals surface area (Å²) in [6.45, 7) is 5.90. The second kappa shape index (κ2) is 6.64. The number of allylic oxidation sites excluding steroid dienone is 1. The zero-order valence-electron chi connectivity index (χ0n) is 10.9. The molecule has 0 spiro atoms. The molecule has 0 aliphatic carbocycles. The first-order valence-corrected chi connectivity index (χ1v) is 6.01. The molecule has 0 bridgehead atoms. The highest BCUT2D eigenvalue weighted by Crippen LogP contribution is 2.20. The Morgan fingerprint density at radius 3 is 2.89 bits per heavy atom. The molecule has 6 heteroatoms. The third kappa shape index (κ3) is 3.23. The highest BCUT2D eigenvalue weighted by molar-refractivity contribution is 5.95. The van der Waals surface area contributed by atoms with Crippen molar-refractivity contribution >= 4 is 11.9 Å². The largest absolute Gasteiger partial charge is 0.463 e. The van der Waals surface area contributed by atoms with Gasteiger partial charge in [0.1, 0.15) is 0 Å². The van der Waals surface area contributed by atoms with E-state index in [1.54, 1.807) is 13.8 Å². The summed E-state index contributed by atoms with van der Waals surface area (Å²) in [6.07, 6.45) is 3.44. The van der Waals surface area contributed by atoms with Crippen LogP contribution in [0.5, 0.6) is 0 Å². The zero-order valence-corrected chi connectivity index (χ0v) is 10.9. The van der Waals surface area contributed by atoms with Crippen LogP contribution in [0.15, 0.2) is 16.3 Å². The molecule has 0 aromatic heterocycles. The Balaban J connectivity index is 2.96. The summed E-state index contributed by atoms with van der Waals surface area (Å²) in [5.74, 6) is 0.0298. The minimum atomic E-state index is -0.347. The predicted molar refractivity (Wildman–Crippen MR) is 67.3 cm³/mol. The Kier molecular flexibility index (Phi) is 5.18. The van der Waals surface area contributed by atoms with E-state index in [9.17, 15) is 4.79 Å². The maximum Gasteiger partial charge on any atom is 0.337 e. The van der Waals surface area contributed by atoms with E-state index >= 15 is 0 Å². The van der Waals surface area contributed by atoms with Gasteiger partial charge in [0.15, 0.2) is 6.19 Å². The number of carbonyl (C=O) groups is 1. The Morgan fingerprint density at radius 1 is 1.61 bits per heavy atom. The summed E-state index contributed by atoms with van der Waals surface area (Å²) in [6, 6.07) is -0.258. The van der Waals surface area contributed by atoms with Crippen LogP contribution in [-0.4, -0.2) is 24.6 Å². The van der Waals surface area contributed by atoms with Gasteiger partial charge in [-0.15, -0.1) is 0 Å². The van der Waals surface area contributed by atoms with Crippen LogP contribution in [0.2, 0.25) is 0 Å². The number of nitrogens with one attached hydrogen (secondary N) is 2. The summed E-state index contributed by atoms with van der Waals surface area (Å²) in [5.41, 5.74) is 1.22. The van der Waals surface area contributed by atoms with Crippen LogP contribution < -0.4 is 10.6 Å². The van der Waals surface area contributed by atoms with Gasteiger partial charge in [-0.25, -0.2) is 9.79 Å². The van der Waals surface area contributed by atoms with E-state index in [1.165, 1.54) is 0 Å². The van der Waals surface area contributed by atoms with E-state index in [4.69, 9.17) is 10.00 Å². The SMILES string of the molecule is CCC[C@H]1N=C(NC#N)NC(C)=C1C(=O)OCC. The van der Waals surface area contributed by atoms with Crippen molar-refractivity contribution in [2.75, 3.05) is 6.61 Å². The minimum absolute atomic E-state index is 0.258. The van der Waals surface area contributed by atoms with Gasteiger partial charge in [-0.05, 0) is 20.3 Å². The average molecular weight is 250 g/mol. The first-order valence-electron chi connectivity index (χ1n) is 6.01. The number of hydrogen-bond acceptors (Lipinski definition) is 6. The number of ether oxygens (including phenoxy) is 1. The van der Waals surface area contributed by atoms with Gasteiger partial charge in [-0.3, -0.25) is 5.32 Å². The van der Waals surface area contributed by atoms with Gasteiger partial charge < -0.3 is 10.1 Å². The maximum absolute atomic E-state index is 11.9. The van der Waals surface area contributed by atoms with Crippen molar-refractivity contribution in [3.8, 4) is 6.19 Å². The van der Waals surface area contributed by atoms with Crippen molar-refractivity contribution in [2.24, 2.45) is 4.99 Å². The monoisotopic (exact) mass is 250 g/mol. The first-order chi connectivity index (χ1) is 8.63. The van der Waals surface area contributed by atoms with E-state index < -0.39 is 0 Å². The zero-order chi connectivity index (χ0) is 13.5. The van der Waals surface area contributed by atoms with Crippen LogP contribution in [0.3, 0.4) is 0 Å². The quantitative estimate of drug-likeness (QED) is 0.442. The fourth-order valence-corrected chi connectivity index (χ4v) is 1.84. The molecular weight excluding hydrogens is 232 g/mol. The van der Waals surface area contributed by atoms with Crippen molar-refractivity contribution in [3.05, 3.63) is 11.3 Å². The number of rotatable bonds is 4. The molecule has 2 N–H and O–H groups in total. The van der Waals surface area contributed by atoms with Crippen molar-refractivity contribution in [1.29, 1.82) is 5.26 Å². The van der Waals surface area contributed by atoms with Gasteiger partial charge in [-0.2, -0.15) is 5.26 Å². The number of nitrogens with zero attached hydrogens (tertiary/aromatic N) is 2. The third-order valence-corrected chi connectivity index (χ3v) is 2.56. The topological polar surface area (TPSA) is 86.5 Å². The van der Waals surface area contributed by atoms with E-state index in [2.05, 4.69) is 15.6 Å². The molecule has 0 saturated carbocycles. The third-order valence-electron chi connectivity index (χ3n) is 2.56. The van der Waals surface area contributed by atoms with Crippen LogP contribution in [0.25, 0.3) is 0 Å². The molecule has 0 saturated heterocycles. The fourth-order valence-electron chi connectivity index (χ4n) is 1.84. The van der Waals surface area contributed by atoms with E-state index in [0.29, 0.717) is 23.8 Å². The number of carbonyl (C=O) groups excluding carboxylic acids is 1. The maximum atomic E-state index is 11.9. The van der Waals surface area contributed by atoms with Crippen LogP contribution in [0, 0.1) is 11.5 Å². The Hall–Kier alpha value is -2.03. The van der Waals surface area contributed by atoms with Gasteiger partial charge in [0.05, 0.1) is 18.2 Å².